The largest absolute Gasteiger partial charge is 0.371 e. The van der Waals surface area contributed by atoms with Crippen LogP contribution < -0.4 is 9.80 Å². The molecule has 0 unspecified atom stereocenters. The van der Waals surface area contributed by atoms with Crippen molar-refractivity contribution >= 4 is 22.8 Å². The van der Waals surface area contributed by atoms with Gasteiger partial charge in [0, 0.05) is 62.1 Å². The number of likely N-dealkylation sites (N-methyl/N-ethyl adjacent to an activating group) is 1. The first kappa shape index (κ1) is 22.4. The lowest BCUT2D eigenvalue weighted by molar-refractivity contribution is -0.113. The number of amides is 1. The Kier molecular flexibility index (Phi) is 5.83. The van der Waals surface area contributed by atoms with Crippen LogP contribution in [0.4, 0.5) is 11.4 Å². The summed E-state index contributed by atoms with van der Waals surface area (Å²) in [6, 6.07) is 12.6. The summed E-state index contributed by atoms with van der Waals surface area (Å²) >= 11 is 0. The zero-order chi connectivity index (χ0) is 24.5. The standard InChI is InChI=1S/C27H27N7O/c1-4-26(35)32(3)23-5-7-24(8-6-23)33-11-9-19(10-12-33)25-13-20(22-16-29-31(2)17-22)18-34-27(25)21(14-28)15-30-34/h4-8,13,15-19H,1,9-12H2,2-3H3. The van der Waals surface area contributed by atoms with E-state index < -0.39 is 0 Å². The van der Waals surface area contributed by atoms with Gasteiger partial charge in [0.1, 0.15) is 6.07 Å². The van der Waals surface area contributed by atoms with E-state index in [0.717, 1.165) is 53.9 Å². The minimum absolute atomic E-state index is 0.130. The van der Waals surface area contributed by atoms with Crippen molar-refractivity contribution in [2.24, 2.45) is 7.05 Å². The minimum atomic E-state index is -0.130. The third-order valence-corrected chi connectivity index (χ3v) is 6.84. The highest BCUT2D eigenvalue weighted by atomic mass is 16.2. The molecule has 5 rings (SSSR count). The third kappa shape index (κ3) is 4.17. The monoisotopic (exact) mass is 465 g/mol. The van der Waals surface area contributed by atoms with Gasteiger partial charge in [0.25, 0.3) is 0 Å². The number of carbonyl (C=O) groups excluding carboxylic acids is 1. The first-order chi connectivity index (χ1) is 17.0. The number of aryl methyl sites for hydroxylation is 1. The van der Waals surface area contributed by atoms with Crippen molar-refractivity contribution in [3.63, 3.8) is 0 Å². The summed E-state index contributed by atoms with van der Waals surface area (Å²) < 4.78 is 3.63. The average molecular weight is 466 g/mol. The number of carbonyl (C=O) groups is 1. The Morgan fingerprint density at radius 3 is 2.51 bits per heavy atom. The fourth-order valence-corrected chi connectivity index (χ4v) is 4.87. The summed E-state index contributed by atoms with van der Waals surface area (Å²) in [6.45, 7) is 5.37. The topological polar surface area (TPSA) is 82.5 Å². The molecule has 4 aromatic rings. The molecule has 0 atom stereocenters. The van der Waals surface area contributed by atoms with Crippen LogP contribution in [-0.4, -0.2) is 45.4 Å². The Morgan fingerprint density at radius 2 is 1.89 bits per heavy atom. The van der Waals surface area contributed by atoms with E-state index in [1.54, 1.807) is 22.8 Å². The van der Waals surface area contributed by atoms with Gasteiger partial charge in [-0.1, -0.05) is 6.58 Å². The van der Waals surface area contributed by atoms with Gasteiger partial charge in [-0.25, -0.2) is 4.52 Å². The summed E-state index contributed by atoms with van der Waals surface area (Å²) in [7, 11) is 3.65. The number of nitriles is 1. The number of pyridine rings is 1. The Balaban J connectivity index is 1.39. The van der Waals surface area contributed by atoms with Crippen LogP contribution in [0.2, 0.25) is 0 Å². The van der Waals surface area contributed by atoms with Gasteiger partial charge >= 0.3 is 0 Å². The van der Waals surface area contributed by atoms with E-state index in [1.165, 1.54) is 11.6 Å². The summed E-state index contributed by atoms with van der Waals surface area (Å²) in [5.41, 5.74) is 6.73. The summed E-state index contributed by atoms with van der Waals surface area (Å²) in [5, 5.41) is 18.5. The molecule has 8 heteroatoms. The maximum absolute atomic E-state index is 11.9. The molecule has 3 aromatic heterocycles. The summed E-state index contributed by atoms with van der Waals surface area (Å²) in [4.78, 5) is 15.8. The molecule has 0 saturated carbocycles. The normalized spacial score (nSPS) is 14.1. The van der Waals surface area contributed by atoms with Crippen LogP contribution in [0.25, 0.3) is 16.6 Å². The van der Waals surface area contributed by atoms with E-state index in [9.17, 15) is 10.1 Å². The molecule has 8 nitrogen and oxygen atoms in total. The summed E-state index contributed by atoms with van der Waals surface area (Å²) in [5.74, 6) is 0.194. The lowest BCUT2D eigenvalue weighted by Crippen LogP contribution is -2.33. The predicted molar refractivity (Wildman–Crippen MR) is 136 cm³/mol. The van der Waals surface area contributed by atoms with Crippen molar-refractivity contribution in [2.45, 2.75) is 18.8 Å². The molecule has 0 bridgehead atoms. The van der Waals surface area contributed by atoms with Crippen LogP contribution in [0.15, 0.2) is 67.8 Å². The maximum atomic E-state index is 11.9. The predicted octanol–water partition coefficient (Wildman–Crippen LogP) is 4.14. The number of hydrogen-bond acceptors (Lipinski definition) is 5. The molecule has 176 valence electrons. The smallest absolute Gasteiger partial charge is 0.250 e. The van der Waals surface area contributed by atoms with Crippen molar-refractivity contribution in [2.75, 3.05) is 29.9 Å². The highest BCUT2D eigenvalue weighted by Crippen LogP contribution is 2.36. The third-order valence-electron chi connectivity index (χ3n) is 6.84. The lowest BCUT2D eigenvalue weighted by Gasteiger charge is -2.34. The Bertz CT molecular complexity index is 1430. The highest BCUT2D eigenvalue weighted by molar-refractivity contribution is 6.00. The van der Waals surface area contributed by atoms with Crippen LogP contribution >= 0.6 is 0 Å². The van der Waals surface area contributed by atoms with Crippen LogP contribution in [0.5, 0.6) is 0 Å². The molecule has 1 aromatic carbocycles. The quantitative estimate of drug-likeness (QED) is 0.414. The molecule has 1 amide bonds. The van der Waals surface area contributed by atoms with Crippen molar-refractivity contribution in [3.05, 3.63) is 78.9 Å². The van der Waals surface area contributed by atoms with Crippen molar-refractivity contribution < 1.29 is 4.79 Å². The Hall–Kier alpha value is -4.38. The number of benzene rings is 1. The van der Waals surface area contributed by atoms with Gasteiger partial charge in [0.05, 0.1) is 23.5 Å². The molecular formula is C27H27N7O. The van der Waals surface area contributed by atoms with Crippen LogP contribution in [0, 0.1) is 11.3 Å². The number of hydrogen-bond donors (Lipinski definition) is 0. The number of piperidine rings is 1. The van der Waals surface area contributed by atoms with E-state index in [4.69, 9.17) is 0 Å². The Labute approximate surface area is 204 Å². The van der Waals surface area contributed by atoms with E-state index in [1.807, 2.05) is 42.3 Å². The van der Waals surface area contributed by atoms with Gasteiger partial charge in [-0.15, -0.1) is 0 Å². The zero-order valence-electron chi connectivity index (χ0n) is 19.9. The number of anilines is 2. The van der Waals surface area contributed by atoms with Gasteiger partial charge in [-0.2, -0.15) is 15.5 Å². The molecule has 0 spiro atoms. The minimum Gasteiger partial charge on any atom is -0.371 e. The molecule has 4 heterocycles. The fraction of sp³-hybridized carbons (Fsp3) is 0.259. The molecule has 1 fully saturated rings. The van der Waals surface area contributed by atoms with E-state index in [-0.39, 0.29) is 5.91 Å². The molecular weight excluding hydrogens is 438 g/mol. The second-order valence-corrected chi connectivity index (χ2v) is 8.93. The molecule has 1 saturated heterocycles. The molecule has 1 aliphatic heterocycles. The Morgan fingerprint density at radius 1 is 1.14 bits per heavy atom. The SMILES string of the molecule is C=CC(=O)N(C)c1ccc(N2CCC(c3cc(-c4cnn(C)c4)cn4ncc(C#N)c34)CC2)cc1. The zero-order valence-corrected chi connectivity index (χ0v) is 19.9. The summed E-state index contributed by atoms with van der Waals surface area (Å²) in [6.07, 6.45) is 10.7. The van der Waals surface area contributed by atoms with Gasteiger partial charge in [0.2, 0.25) is 5.91 Å². The fourth-order valence-electron chi connectivity index (χ4n) is 4.87. The van der Waals surface area contributed by atoms with Gasteiger partial charge in [-0.3, -0.25) is 9.48 Å². The first-order valence-electron chi connectivity index (χ1n) is 11.6. The van der Waals surface area contributed by atoms with Crippen molar-refractivity contribution in [3.8, 4) is 17.2 Å². The van der Waals surface area contributed by atoms with Crippen LogP contribution in [-0.2, 0) is 11.8 Å². The molecule has 0 radical (unpaired) electrons. The van der Waals surface area contributed by atoms with Gasteiger partial charge in [0.15, 0.2) is 0 Å². The van der Waals surface area contributed by atoms with E-state index in [2.05, 4.69) is 45.9 Å². The molecule has 1 aliphatic rings. The second-order valence-electron chi connectivity index (χ2n) is 8.93. The second kappa shape index (κ2) is 9.11. The maximum Gasteiger partial charge on any atom is 0.250 e. The number of fused-ring (bicyclic) bond motifs is 1. The van der Waals surface area contributed by atoms with E-state index in [0.29, 0.717) is 11.5 Å². The average Bonchev–Trinajstić information content (AvgIpc) is 3.53. The van der Waals surface area contributed by atoms with Crippen molar-refractivity contribution in [1.29, 1.82) is 5.26 Å². The highest BCUT2D eigenvalue weighted by Gasteiger charge is 2.25. The van der Waals surface area contributed by atoms with Gasteiger partial charge < -0.3 is 9.80 Å². The number of nitrogens with zero attached hydrogens (tertiary/aromatic N) is 7. The lowest BCUT2D eigenvalue weighted by atomic mass is 9.87. The van der Waals surface area contributed by atoms with Gasteiger partial charge in [-0.05, 0) is 60.7 Å². The first-order valence-corrected chi connectivity index (χ1v) is 11.6. The molecule has 0 aliphatic carbocycles. The van der Waals surface area contributed by atoms with Crippen LogP contribution in [0.3, 0.4) is 0 Å². The number of aromatic nitrogens is 4. The number of rotatable bonds is 5. The molecule has 35 heavy (non-hydrogen) atoms. The van der Waals surface area contributed by atoms with E-state index >= 15 is 0 Å². The molecule has 0 N–H and O–H groups in total. The van der Waals surface area contributed by atoms with Crippen molar-refractivity contribution in [1.82, 2.24) is 19.4 Å². The van der Waals surface area contributed by atoms with Crippen LogP contribution in [0.1, 0.15) is 29.9 Å².